The van der Waals surface area contributed by atoms with Crippen LogP contribution in [0.4, 0.5) is 17.6 Å². The molecule has 2 rings (SSSR count). The molecule has 0 aliphatic heterocycles. The molecule has 0 aromatic heterocycles. The van der Waals surface area contributed by atoms with Crippen molar-refractivity contribution in [2.75, 3.05) is 0 Å². The topological polar surface area (TPSA) is 35.2 Å². The first-order chi connectivity index (χ1) is 9.77. The molecule has 21 heavy (non-hydrogen) atoms. The van der Waals surface area contributed by atoms with E-state index in [4.69, 9.17) is 22.7 Å². The van der Waals surface area contributed by atoms with Crippen molar-refractivity contribution in [1.29, 1.82) is 0 Å². The molecule has 0 saturated carbocycles. The summed E-state index contributed by atoms with van der Waals surface area (Å²) >= 11 is 4.71. The van der Waals surface area contributed by atoms with E-state index in [2.05, 4.69) is 0 Å². The first-order valence-electron chi connectivity index (χ1n) is 5.72. The number of hydrogen-bond acceptors (Lipinski definition) is 2. The SMILES string of the molecule is NC(=S)c1ccc(Oc2ccc(C(F)(F)F)cc2)c(F)c1. The number of nitrogens with two attached hydrogens (primary N) is 1. The van der Waals surface area contributed by atoms with Gasteiger partial charge < -0.3 is 10.5 Å². The minimum Gasteiger partial charge on any atom is -0.454 e. The van der Waals surface area contributed by atoms with Crippen molar-refractivity contribution in [3.8, 4) is 11.5 Å². The molecule has 0 aliphatic rings. The zero-order chi connectivity index (χ0) is 15.6. The number of ether oxygens (including phenoxy) is 1. The molecule has 2 aromatic rings. The molecule has 7 heteroatoms. The molecule has 2 nitrogen and oxygen atoms in total. The van der Waals surface area contributed by atoms with Gasteiger partial charge in [-0.25, -0.2) is 4.39 Å². The Morgan fingerprint density at radius 2 is 1.67 bits per heavy atom. The van der Waals surface area contributed by atoms with E-state index in [9.17, 15) is 17.6 Å². The van der Waals surface area contributed by atoms with Crippen LogP contribution >= 0.6 is 12.2 Å². The Hall–Kier alpha value is -2.15. The Morgan fingerprint density at radius 3 is 2.14 bits per heavy atom. The van der Waals surface area contributed by atoms with Gasteiger partial charge in [-0.1, -0.05) is 12.2 Å². The highest BCUT2D eigenvalue weighted by Gasteiger charge is 2.30. The third-order valence-electron chi connectivity index (χ3n) is 2.63. The van der Waals surface area contributed by atoms with Gasteiger partial charge in [-0.15, -0.1) is 0 Å². The molecule has 110 valence electrons. The van der Waals surface area contributed by atoms with Crippen LogP contribution in [-0.4, -0.2) is 4.99 Å². The summed E-state index contributed by atoms with van der Waals surface area (Å²) in [6.45, 7) is 0. The summed E-state index contributed by atoms with van der Waals surface area (Å²) in [4.78, 5) is 0.0370. The van der Waals surface area contributed by atoms with Crippen molar-refractivity contribution in [2.45, 2.75) is 6.18 Å². The van der Waals surface area contributed by atoms with Gasteiger partial charge >= 0.3 is 6.18 Å². The van der Waals surface area contributed by atoms with E-state index in [0.717, 1.165) is 30.3 Å². The number of halogens is 4. The Labute approximate surface area is 123 Å². The number of thiocarbonyl (C=S) groups is 1. The zero-order valence-electron chi connectivity index (χ0n) is 10.4. The maximum atomic E-state index is 13.7. The molecule has 0 amide bonds. The summed E-state index contributed by atoms with van der Waals surface area (Å²) in [5, 5.41) is 0. The highest BCUT2D eigenvalue weighted by atomic mass is 32.1. The number of rotatable bonds is 3. The van der Waals surface area contributed by atoms with Crippen LogP contribution in [0.15, 0.2) is 42.5 Å². The fourth-order valence-electron chi connectivity index (χ4n) is 1.58. The second-order valence-electron chi connectivity index (χ2n) is 4.13. The van der Waals surface area contributed by atoms with Gasteiger partial charge in [-0.3, -0.25) is 0 Å². The van der Waals surface area contributed by atoms with Crippen molar-refractivity contribution in [2.24, 2.45) is 5.73 Å². The molecule has 0 spiro atoms. The van der Waals surface area contributed by atoms with Crippen molar-refractivity contribution >= 4 is 17.2 Å². The summed E-state index contributed by atoms with van der Waals surface area (Å²) < 4.78 is 56.1. The van der Waals surface area contributed by atoms with Crippen LogP contribution < -0.4 is 10.5 Å². The van der Waals surface area contributed by atoms with Gasteiger partial charge in [0.1, 0.15) is 10.7 Å². The molecule has 0 fully saturated rings. The standard InChI is InChI=1S/C14H9F4NOS/c15-11-7-8(13(19)21)1-6-12(11)20-10-4-2-9(3-5-10)14(16,17)18/h1-7H,(H2,19,21). The van der Waals surface area contributed by atoms with Gasteiger partial charge in [0.05, 0.1) is 5.56 Å². The van der Waals surface area contributed by atoms with Crippen molar-refractivity contribution < 1.29 is 22.3 Å². The predicted octanol–water partition coefficient (Wildman–Crippen LogP) is 4.27. The van der Waals surface area contributed by atoms with Crippen LogP contribution in [0, 0.1) is 5.82 Å². The van der Waals surface area contributed by atoms with Crippen LogP contribution in [0.5, 0.6) is 11.5 Å². The van der Waals surface area contributed by atoms with E-state index < -0.39 is 17.6 Å². The fraction of sp³-hybridized carbons (Fsp3) is 0.0714. The number of alkyl halides is 3. The van der Waals surface area contributed by atoms with E-state index in [1.165, 1.54) is 12.1 Å². The molecule has 0 aliphatic carbocycles. The Kier molecular flexibility index (Phi) is 4.13. The number of benzene rings is 2. The Balaban J connectivity index is 2.20. The molecule has 0 atom stereocenters. The molecule has 2 aromatic carbocycles. The first-order valence-corrected chi connectivity index (χ1v) is 6.12. The van der Waals surface area contributed by atoms with E-state index in [-0.39, 0.29) is 16.5 Å². The molecule has 2 N–H and O–H groups in total. The molecule has 0 radical (unpaired) electrons. The Bertz CT molecular complexity index is 668. The van der Waals surface area contributed by atoms with E-state index >= 15 is 0 Å². The lowest BCUT2D eigenvalue weighted by Gasteiger charge is -2.10. The normalized spacial score (nSPS) is 11.2. The second-order valence-corrected chi connectivity index (χ2v) is 4.57. The zero-order valence-corrected chi connectivity index (χ0v) is 11.3. The quantitative estimate of drug-likeness (QED) is 0.678. The van der Waals surface area contributed by atoms with Crippen molar-refractivity contribution in [3.05, 3.63) is 59.4 Å². The highest BCUT2D eigenvalue weighted by Crippen LogP contribution is 2.32. The van der Waals surface area contributed by atoms with Crippen LogP contribution in [0.2, 0.25) is 0 Å². The average molecular weight is 315 g/mol. The van der Waals surface area contributed by atoms with E-state index in [1.807, 2.05) is 0 Å². The fourth-order valence-corrected chi connectivity index (χ4v) is 1.70. The summed E-state index contributed by atoms with van der Waals surface area (Å²) in [6, 6.07) is 7.81. The third-order valence-corrected chi connectivity index (χ3v) is 2.86. The summed E-state index contributed by atoms with van der Waals surface area (Å²) in [7, 11) is 0. The Morgan fingerprint density at radius 1 is 1.05 bits per heavy atom. The summed E-state index contributed by atoms with van der Waals surface area (Å²) in [6.07, 6.45) is -4.43. The van der Waals surface area contributed by atoms with Crippen molar-refractivity contribution in [3.63, 3.8) is 0 Å². The smallest absolute Gasteiger partial charge is 0.416 e. The average Bonchev–Trinajstić information content (AvgIpc) is 2.40. The lowest BCUT2D eigenvalue weighted by Crippen LogP contribution is -2.09. The van der Waals surface area contributed by atoms with Crippen LogP contribution in [0.3, 0.4) is 0 Å². The highest BCUT2D eigenvalue weighted by molar-refractivity contribution is 7.80. The molecular formula is C14H9F4NOS. The lowest BCUT2D eigenvalue weighted by atomic mass is 10.2. The summed E-state index contributed by atoms with van der Waals surface area (Å²) in [5.41, 5.74) is 4.89. The monoisotopic (exact) mass is 315 g/mol. The van der Waals surface area contributed by atoms with E-state index in [0.29, 0.717) is 5.56 Å². The van der Waals surface area contributed by atoms with Crippen LogP contribution in [0.1, 0.15) is 11.1 Å². The molecule has 0 unspecified atom stereocenters. The van der Waals surface area contributed by atoms with Crippen LogP contribution in [-0.2, 0) is 6.18 Å². The maximum absolute atomic E-state index is 13.7. The van der Waals surface area contributed by atoms with Gasteiger partial charge in [0.25, 0.3) is 0 Å². The molecule has 0 bridgehead atoms. The molecule has 0 heterocycles. The van der Waals surface area contributed by atoms with E-state index in [1.54, 1.807) is 0 Å². The first kappa shape index (κ1) is 15.2. The number of hydrogen-bond donors (Lipinski definition) is 1. The maximum Gasteiger partial charge on any atom is 0.416 e. The lowest BCUT2D eigenvalue weighted by molar-refractivity contribution is -0.137. The van der Waals surface area contributed by atoms with Crippen LogP contribution in [0.25, 0.3) is 0 Å². The minimum atomic E-state index is -4.43. The second kappa shape index (κ2) is 5.69. The molecule has 0 saturated heterocycles. The minimum absolute atomic E-state index is 0.0370. The molecular weight excluding hydrogens is 306 g/mol. The van der Waals surface area contributed by atoms with Crippen molar-refractivity contribution in [1.82, 2.24) is 0 Å². The van der Waals surface area contributed by atoms with Gasteiger partial charge in [0, 0.05) is 5.56 Å². The largest absolute Gasteiger partial charge is 0.454 e. The summed E-state index contributed by atoms with van der Waals surface area (Å²) in [5.74, 6) is -0.750. The third kappa shape index (κ3) is 3.69. The van der Waals surface area contributed by atoms with Gasteiger partial charge in [0.15, 0.2) is 11.6 Å². The van der Waals surface area contributed by atoms with Gasteiger partial charge in [-0.2, -0.15) is 13.2 Å². The van der Waals surface area contributed by atoms with Gasteiger partial charge in [-0.05, 0) is 42.5 Å². The van der Waals surface area contributed by atoms with Gasteiger partial charge in [0.2, 0.25) is 0 Å². The predicted molar refractivity (Wildman–Crippen MR) is 73.8 cm³/mol.